The van der Waals surface area contributed by atoms with Gasteiger partial charge in [0, 0.05) is 32.4 Å². The van der Waals surface area contributed by atoms with E-state index in [1.165, 1.54) is 0 Å². The van der Waals surface area contributed by atoms with Crippen LogP contribution in [0.3, 0.4) is 0 Å². The van der Waals surface area contributed by atoms with E-state index in [1.807, 2.05) is 6.07 Å². The molecule has 0 aliphatic heterocycles. The van der Waals surface area contributed by atoms with E-state index in [-0.39, 0.29) is 51.0 Å². The summed E-state index contributed by atoms with van der Waals surface area (Å²) >= 11 is 0. The summed E-state index contributed by atoms with van der Waals surface area (Å²) in [6, 6.07) is 8.06. The van der Waals surface area contributed by atoms with Crippen molar-refractivity contribution in [1.29, 1.82) is 0 Å². The predicted octanol–water partition coefficient (Wildman–Crippen LogP) is -1.82. The van der Waals surface area contributed by atoms with Crippen molar-refractivity contribution < 1.29 is 47.7 Å². The summed E-state index contributed by atoms with van der Waals surface area (Å²) in [7, 11) is 0. The van der Waals surface area contributed by atoms with Crippen molar-refractivity contribution >= 4 is 35.4 Å². The normalized spacial score (nSPS) is 11.2. The standard InChI is InChI=1S/C31H50N6O10/c1-3-26(38)33-11-13-45-15-17-47-19-18-46-16-14-44-12-10-27(39)34-21-29(41)35-23-30(42)37-25(20-24-8-6-5-7-9-24)31(43)36-22-28(40)32-4-2/h5-9,25H,3-4,10-23H2,1-2H3,(H,32,40)(H,33,38)(H,34,39)(H,35,41)(H,36,43)(H,37,42)/t25-/m0/s1. The van der Waals surface area contributed by atoms with Gasteiger partial charge in [-0.1, -0.05) is 37.3 Å². The topological polar surface area (TPSA) is 212 Å². The number of benzene rings is 1. The molecule has 0 unspecified atom stereocenters. The van der Waals surface area contributed by atoms with Crippen LogP contribution in [0.4, 0.5) is 0 Å². The summed E-state index contributed by atoms with van der Waals surface area (Å²) in [5.41, 5.74) is 0.796. The van der Waals surface area contributed by atoms with Crippen molar-refractivity contribution in [1.82, 2.24) is 31.9 Å². The predicted molar refractivity (Wildman–Crippen MR) is 171 cm³/mol. The van der Waals surface area contributed by atoms with Crippen molar-refractivity contribution in [3.05, 3.63) is 35.9 Å². The number of carbonyl (C=O) groups excluding carboxylic acids is 6. The fraction of sp³-hybridized carbons (Fsp3) is 0.613. The van der Waals surface area contributed by atoms with Gasteiger partial charge < -0.3 is 50.8 Å². The zero-order chi connectivity index (χ0) is 34.5. The molecule has 0 spiro atoms. The lowest BCUT2D eigenvalue weighted by Gasteiger charge is -2.19. The smallest absolute Gasteiger partial charge is 0.243 e. The molecule has 6 amide bonds. The van der Waals surface area contributed by atoms with Gasteiger partial charge in [0.2, 0.25) is 35.4 Å². The molecule has 0 fully saturated rings. The number of ether oxygens (including phenoxy) is 4. The molecule has 16 nitrogen and oxygen atoms in total. The van der Waals surface area contributed by atoms with Gasteiger partial charge in [0.15, 0.2) is 0 Å². The Morgan fingerprint density at radius 3 is 1.72 bits per heavy atom. The van der Waals surface area contributed by atoms with Gasteiger partial charge >= 0.3 is 0 Å². The minimum absolute atomic E-state index is 0.0120. The maximum atomic E-state index is 12.7. The summed E-state index contributed by atoms with van der Waals surface area (Å²) in [6.45, 7) is 6.22. The second-order valence-electron chi connectivity index (χ2n) is 9.94. The summed E-state index contributed by atoms with van der Waals surface area (Å²) in [5.74, 6) is -2.51. The third kappa shape index (κ3) is 22.9. The summed E-state index contributed by atoms with van der Waals surface area (Å²) in [5, 5.41) is 15.2. The Hall–Kier alpha value is -4.12. The van der Waals surface area contributed by atoms with Crippen LogP contribution in [-0.4, -0.2) is 127 Å². The number of nitrogens with one attached hydrogen (secondary N) is 6. The van der Waals surface area contributed by atoms with Crippen molar-refractivity contribution in [3.8, 4) is 0 Å². The molecule has 0 radical (unpaired) electrons. The first-order valence-corrected chi connectivity index (χ1v) is 15.7. The second-order valence-corrected chi connectivity index (χ2v) is 9.94. The fourth-order valence-corrected chi connectivity index (χ4v) is 3.68. The molecule has 0 bridgehead atoms. The molecule has 0 aliphatic rings. The third-order valence-electron chi connectivity index (χ3n) is 6.10. The van der Waals surface area contributed by atoms with E-state index in [4.69, 9.17) is 18.9 Å². The first-order chi connectivity index (χ1) is 22.7. The van der Waals surface area contributed by atoms with Crippen LogP contribution in [0.25, 0.3) is 0 Å². The number of likely N-dealkylation sites (N-methyl/N-ethyl adjacent to an activating group) is 1. The van der Waals surface area contributed by atoms with E-state index in [1.54, 1.807) is 38.1 Å². The Labute approximate surface area is 275 Å². The number of carbonyl (C=O) groups is 6. The molecule has 0 aromatic heterocycles. The lowest BCUT2D eigenvalue weighted by atomic mass is 10.1. The molecular weight excluding hydrogens is 616 g/mol. The molecule has 6 N–H and O–H groups in total. The van der Waals surface area contributed by atoms with Gasteiger partial charge in [0.05, 0.1) is 72.5 Å². The van der Waals surface area contributed by atoms with Gasteiger partial charge in [-0.05, 0) is 12.5 Å². The van der Waals surface area contributed by atoms with Crippen LogP contribution < -0.4 is 31.9 Å². The average molecular weight is 667 g/mol. The molecule has 0 heterocycles. The third-order valence-corrected chi connectivity index (χ3v) is 6.10. The first kappa shape index (κ1) is 40.9. The Balaban J connectivity index is 2.13. The number of amides is 6. The van der Waals surface area contributed by atoms with Gasteiger partial charge in [-0.3, -0.25) is 28.8 Å². The van der Waals surface area contributed by atoms with Crippen molar-refractivity contribution in [2.75, 3.05) is 85.6 Å². The quantitative estimate of drug-likeness (QED) is 0.0579. The van der Waals surface area contributed by atoms with E-state index in [0.29, 0.717) is 59.2 Å². The molecule has 0 saturated heterocycles. The largest absolute Gasteiger partial charge is 0.379 e. The van der Waals surface area contributed by atoms with E-state index >= 15 is 0 Å². The van der Waals surface area contributed by atoms with Crippen molar-refractivity contribution in [3.63, 3.8) is 0 Å². The highest BCUT2D eigenvalue weighted by molar-refractivity contribution is 5.92. The Kier molecular flexibility index (Phi) is 23.5. The number of rotatable bonds is 27. The Bertz CT molecular complexity index is 1080. The molecule has 264 valence electrons. The molecule has 1 aromatic rings. The van der Waals surface area contributed by atoms with Crippen LogP contribution in [0, 0.1) is 0 Å². The lowest BCUT2D eigenvalue weighted by molar-refractivity contribution is -0.131. The first-order valence-electron chi connectivity index (χ1n) is 15.7. The summed E-state index contributed by atoms with van der Waals surface area (Å²) in [4.78, 5) is 72.1. The second kappa shape index (κ2) is 27.0. The minimum Gasteiger partial charge on any atom is -0.379 e. The van der Waals surface area contributed by atoms with Gasteiger partial charge in [-0.25, -0.2) is 0 Å². The number of hydrogen-bond donors (Lipinski definition) is 6. The SMILES string of the molecule is CCNC(=O)CNC(=O)[C@H](Cc1ccccc1)NC(=O)CNC(=O)CNC(=O)CCOCCOCCOCCOCCNC(=O)CC. The monoisotopic (exact) mass is 666 g/mol. The van der Waals surface area contributed by atoms with Gasteiger partial charge in [-0.15, -0.1) is 0 Å². The van der Waals surface area contributed by atoms with Crippen LogP contribution in [0.15, 0.2) is 30.3 Å². The molecule has 1 aromatic carbocycles. The van der Waals surface area contributed by atoms with Crippen molar-refractivity contribution in [2.24, 2.45) is 0 Å². The lowest BCUT2D eigenvalue weighted by Crippen LogP contribution is -2.52. The van der Waals surface area contributed by atoms with E-state index in [0.717, 1.165) is 5.56 Å². The molecule has 1 atom stereocenters. The average Bonchev–Trinajstić information content (AvgIpc) is 3.07. The fourth-order valence-electron chi connectivity index (χ4n) is 3.68. The maximum Gasteiger partial charge on any atom is 0.243 e. The van der Waals surface area contributed by atoms with Crippen molar-refractivity contribution in [2.45, 2.75) is 39.2 Å². The van der Waals surface area contributed by atoms with Crippen LogP contribution in [0.2, 0.25) is 0 Å². The number of hydrogen-bond acceptors (Lipinski definition) is 10. The minimum atomic E-state index is -0.974. The zero-order valence-corrected chi connectivity index (χ0v) is 27.4. The van der Waals surface area contributed by atoms with Crippen LogP contribution >= 0.6 is 0 Å². The highest BCUT2D eigenvalue weighted by atomic mass is 16.6. The molecule has 0 aliphatic carbocycles. The molecule has 47 heavy (non-hydrogen) atoms. The Morgan fingerprint density at radius 2 is 1.11 bits per heavy atom. The summed E-state index contributed by atoms with van der Waals surface area (Å²) < 4.78 is 21.4. The zero-order valence-electron chi connectivity index (χ0n) is 27.4. The van der Waals surface area contributed by atoms with E-state index in [9.17, 15) is 28.8 Å². The molecule has 0 saturated carbocycles. The highest BCUT2D eigenvalue weighted by Crippen LogP contribution is 2.03. The van der Waals surface area contributed by atoms with Crippen LogP contribution in [0.5, 0.6) is 0 Å². The van der Waals surface area contributed by atoms with Gasteiger partial charge in [0.1, 0.15) is 6.04 Å². The molecular formula is C31H50N6O10. The van der Waals surface area contributed by atoms with Gasteiger partial charge in [0.25, 0.3) is 0 Å². The molecule has 1 rings (SSSR count). The Morgan fingerprint density at radius 1 is 0.574 bits per heavy atom. The maximum absolute atomic E-state index is 12.7. The summed E-state index contributed by atoms with van der Waals surface area (Å²) in [6.07, 6.45) is 0.660. The van der Waals surface area contributed by atoms with Crippen LogP contribution in [0.1, 0.15) is 32.3 Å². The van der Waals surface area contributed by atoms with E-state index < -0.39 is 36.2 Å². The highest BCUT2D eigenvalue weighted by Gasteiger charge is 2.22. The van der Waals surface area contributed by atoms with E-state index in [2.05, 4.69) is 31.9 Å². The molecule has 16 heteroatoms. The van der Waals surface area contributed by atoms with Gasteiger partial charge in [-0.2, -0.15) is 0 Å². The van der Waals surface area contributed by atoms with Crippen LogP contribution in [-0.2, 0) is 54.1 Å².